The molecule has 0 aromatic carbocycles. The van der Waals surface area contributed by atoms with Gasteiger partial charge in [0.2, 0.25) is 0 Å². The average Bonchev–Trinajstić information content (AvgIpc) is 2.38. The molecule has 2 unspecified atom stereocenters. The zero-order chi connectivity index (χ0) is 13.5. The molecular weight excluding hydrogens is 254 g/mol. The molecule has 0 aliphatic rings. The standard InChI is InChI=1S/C12H17NO4S/c1-2-17-12(16)9-5-3-4-8(13-9)11(15)10(14)6-7-18/h3-5,10-11,14-15,18H,2,6-7H2,1H3. The van der Waals surface area contributed by atoms with Crippen molar-refractivity contribution >= 4 is 18.6 Å². The van der Waals surface area contributed by atoms with Gasteiger partial charge in [-0.1, -0.05) is 6.07 Å². The van der Waals surface area contributed by atoms with Crippen molar-refractivity contribution < 1.29 is 19.7 Å². The molecule has 1 aromatic heterocycles. The Kier molecular flexibility index (Phi) is 6.11. The van der Waals surface area contributed by atoms with E-state index in [1.54, 1.807) is 19.1 Å². The maximum absolute atomic E-state index is 11.5. The van der Waals surface area contributed by atoms with Crippen LogP contribution in [0.2, 0.25) is 0 Å². The number of ether oxygens (including phenoxy) is 1. The second-order valence-corrected chi connectivity index (χ2v) is 4.14. The summed E-state index contributed by atoms with van der Waals surface area (Å²) in [7, 11) is 0. The highest BCUT2D eigenvalue weighted by atomic mass is 32.1. The first-order valence-corrected chi connectivity index (χ1v) is 6.34. The van der Waals surface area contributed by atoms with Crippen LogP contribution in [-0.4, -0.2) is 39.6 Å². The van der Waals surface area contributed by atoms with Crippen LogP contribution in [-0.2, 0) is 4.74 Å². The lowest BCUT2D eigenvalue weighted by atomic mass is 10.1. The fourth-order valence-electron chi connectivity index (χ4n) is 1.42. The van der Waals surface area contributed by atoms with E-state index in [0.29, 0.717) is 12.2 Å². The molecular formula is C12H17NO4S. The normalized spacial score (nSPS) is 14.0. The van der Waals surface area contributed by atoms with Gasteiger partial charge < -0.3 is 14.9 Å². The predicted molar refractivity (Wildman–Crippen MR) is 69.6 cm³/mol. The summed E-state index contributed by atoms with van der Waals surface area (Å²) in [6, 6.07) is 4.64. The Morgan fingerprint density at radius 2 is 2.22 bits per heavy atom. The number of hydrogen-bond donors (Lipinski definition) is 3. The summed E-state index contributed by atoms with van der Waals surface area (Å²) in [5, 5.41) is 19.5. The molecule has 0 fully saturated rings. The summed E-state index contributed by atoms with van der Waals surface area (Å²) < 4.78 is 4.81. The summed E-state index contributed by atoms with van der Waals surface area (Å²) >= 11 is 3.98. The molecule has 0 bridgehead atoms. The van der Waals surface area contributed by atoms with Gasteiger partial charge in [0.25, 0.3) is 0 Å². The van der Waals surface area contributed by atoms with Gasteiger partial charge in [0, 0.05) is 0 Å². The van der Waals surface area contributed by atoms with Crippen LogP contribution < -0.4 is 0 Å². The second kappa shape index (κ2) is 7.35. The Labute approximate surface area is 111 Å². The number of rotatable bonds is 6. The van der Waals surface area contributed by atoms with Crippen molar-refractivity contribution in [2.45, 2.75) is 25.6 Å². The Bertz CT molecular complexity index is 399. The van der Waals surface area contributed by atoms with Gasteiger partial charge in [-0.05, 0) is 31.2 Å². The van der Waals surface area contributed by atoms with Gasteiger partial charge in [-0.2, -0.15) is 12.6 Å². The van der Waals surface area contributed by atoms with Gasteiger partial charge in [0.05, 0.1) is 18.4 Å². The lowest BCUT2D eigenvalue weighted by molar-refractivity contribution is 0.0144. The van der Waals surface area contributed by atoms with Crippen molar-refractivity contribution in [3.63, 3.8) is 0 Å². The number of carbonyl (C=O) groups excluding carboxylic acids is 1. The molecule has 0 aliphatic heterocycles. The molecule has 1 heterocycles. The van der Waals surface area contributed by atoms with E-state index in [1.165, 1.54) is 6.07 Å². The smallest absolute Gasteiger partial charge is 0.356 e. The molecule has 0 spiro atoms. The van der Waals surface area contributed by atoms with Crippen LogP contribution in [0.1, 0.15) is 35.6 Å². The molecule has 2 atom stereocenters. The highest BCUT2D eigenvalue weighted by Crippen LogP contribution is 2.17. The van der Waals surface area contributed by atoms with Gasteiger partial charge in [0.15, 0.2) is 0 Å². The van der Waals surface area contributed by atoms with E-state index in [4.69, 9.17) is 4.74 Å². The largest absolute Gasteiger partial charge is 0.461 e. The summed E-state index contributed by atoms with van der Waals surface area (Å²) in [5.74, 6) is -0.0919. The molecule has 2 N–H and O–H groups in total. The summed E-state index contributed by atoms with van der Waals surface area (Å²) in [4.78, 5) is 15.5. The highest BCUT2D eigenvalue weighted by molar-refractivity contribution is 7.80. The number of hydrogen-bond acceptors (Lipinski definition) is 6. The summed E-state index contributed by atoms with van der Waals surface area (Å²) in [6.07, 6.45) is -1.74. The number of carbonyl (C=O) groups is 1. The minimum Gasteiger partial charge on any atom is -0.461 e. The maximum Gasteiger partial charge on any atom is 0.356 e. The molecule has 18 heavy (non-hydrogen) atoms. The minimum atomic E-state index is -1.13. The molecule has 0 aliphatic carbocycles. The molecule has 0 amide bonds. The third-order valence-electron chi connectivity index (χ3n) is 2.35. The van der Waals surface area contributed by atoms with E-state index in [0.717, 1.165) is 0 Å². The van der Waals surface area contributed by atoms with Crippen molar-refractivity contribution in [2.75, 3.05) is 12.4 Å². The van der Waals surface area contributed by atoms with Crippen molar-refractivity contribution in [2.24, 2.45) is 0 Å². The maximum atomic E-state index is 11.5. The van der Waals surface area contributed by atoms with Gasteiger partial charge in [-0.25, -0.2) is 9.78 Å². The topological polar surface area (TPSA) is 79.7 Å². The molecule has 5 nitrogen and oxygen atoms in total. The van der Waals surface area contributed by atoms with Crippen LogP contribution in [0.4, 0.5) is 0 Å². The van der Waals surface area contributed by atoms with Crippen LogP contribution in [0.25, 0.3) is 0 Å². The highest BCUT2D eigenvalue weighted by Gasteiger charge is 2.20. The first kappa shape index (κ1) is 14.9. The van der Waals surface area contributed by atoms with E-state index in [1.807, 2.05) is 0 Å². The lowest BCUT2D eigenvalue weighted by Gasteiger charge is -2.16. The number of thiol groups is 1. The van der Waals surface area contributed by atoms with Crippen molar-refractivity contribution in [1.82, 2.24) is 4.98 Å². The van der Waals surface area contributed by atoms with Crippen LogP contribution in [0.3, 0.4) is 0 Å². The van der Waals surface area contributed by atoms with Gasteiger partial charge in [-0.3, -0.25) is 0 Å². The lowest BCUT2D eigenvalue weighted by Crippen LogP contribution is -2.20. The Hall–Kier alpha value is -1.11. The van der Waals surface area contributed by atoms with Gasteiger partial charge in [0.1, 0.15) is 11.8 Å². The van der Waals surface area contributed by atoms with E-state index in [-0.39, 0.29) is 18.0 Å². The Balaban J connectivity index is 2.84. The fourth-order valence-corrected chi connectivity index (χ4v) is 1.69. The quantitative estimate of drug-likeness (QED) is 0.531. The van der Waals surface area contributed by atoms with Crippen molar-refractivity contribution in [1.29, 1.82) is 0 Å². The van der Waals surface area contributed by atoms with Gasteiger partial charge in [-0.15, -0.1) is 0 Å². The Morgan fingerprint density at radius 1 is 1.50 bits per heavy atom. The Morgan fingerprint density at radius 3 is 2.83 bits per heavy atom. The zero-order valence-electron chi connectivity index (χ0n) is 10.1. The van der Waals surface area contributed by atoms with E-state index >= 15 is 0 Å². The van der Waals surface area contributed by atoms with E-state index in [9.17, 15) is 15.0 Å². The third kappa shape index (κ3) is 3.97. The third-order valence-corrected chi connectivity index (χ3v) is 2.61. The SMILES string of the molecule is CCOC(=O)c1cccc(C(O)C(O)CCS)n1. The molecule has 100 valence electrons. The molecule has 6 heteroatoms. The monoisotopic (exact) mass is 271 g/mol. The first-order valence-electron chi connectivity index (χ1n) is 5.71. The van der Waals surface area contributed by atoms with Crippen LogP contribution in [0, 0.1) is 0 Å². The zero-order valence-corrected chi connectivity index (χ0v) is 11.0. The van der Waals surface area contributed by atoms with Crippen LogP contribution in [0.5, 0.6) is 0 Å². The van der Waals surface area contributed by atoms with E-state index in [2.05, 4.69) is 17.6 Å². The molecule has 0 radical (unpaired) electrons. The predicted octanol–water partition coefficient (Wildman–Crippen LogP) is 0.972. The molecule has 0 saturated heterocycles. The fraction of sp³-hybridized carbons (Fsp3) is 0.500. The molecule has 0 saturated carbocycles. The summed E-state index contributed by atoms with van der Waals surface area (Å²) in [5.41, 5.74) is 0.362. The number of pyridine rings is 1. The second-order valence-electron chi connectivity index (χ2n) is 3.69. The summed E-state index contributed by atoms with van der Waals surface area (Å²) in [6.45, 7) is 1.96. The number of esters is 1. The first-order chi connectivity index (χ1) is 8.60. The van der Waals surface area contributed by atoms with Crippen LogP contribution >= 0.6 is 12.6 Å². The molecule has 1 aromatic rings. The van der Waals surface area contributed by atoms with Crippen LogP contribution in [0.15, 0.2) is 18.2 Å². The van der Waals surface area contributed by atoms with Gasteiger partial charge >= 0.3 is 5.97 Å². The number of aliphatic hydroxyl groups excluding tert-OH is 2. The molecule has 1 rings (SSSR count). The average molecular weight is 271 g/mol. The van der Waals surface area contributed by atoms with Crippen molar-refractivity contribution in [3.8, 4) is 0 Å². The minimum absolute atomic E-state index is 0.117. The number of aromatic nitrogens is 1. The number of nitrogens with zero attached hydrogens (tertiary/aromatic N) is 1. The number of aliphatic hydroxyl groups is 2. The van der Waals surface area contributed by atoms with E-state index < -0.39 is 18.2 Å². The van der Waals surface area contributed by atoms with Crippen molar-refractivity contribution in [3.05, 3.63) is 29.6 Å².